The Hall–Kier alpha value is -3.04. The van der Waals surface area contributed by atoms with Gasteiger partial charge in [0.2, 0.25) is 0 Å². The molecule has 2 aromatic carbocycles. The average molecular weight is 376 g/mol. The van der Waals surface area contributed by atoms with E-state index in [9.17, 15) is 9.18 Å². The van der Waals surface area contributed by atoms with Crippen LogP contribution in [0.4, 0.5) is 4.39 Å². The maximum Gasteiger partial charge on any atom is 0.261 e. The zero-order valence-corrected chi connectivity index (χ0v) is 15.5. The summed E-state index contributed by atoms with van der Waals surface area (Å²) in [5.41, 5.74) is 2.18. The van der Waals surface area contributed by atoms with Gasteiger partial charge in [-0.25, -0.2) is 9.37 Å². The van der Waals surface area contributed by atoms with Gasteiger partial charge in [0.1, 0.15) is 5.82 Å². The Bertz CT molecular complexity index is 1080. The van der Waals surface area contributed by atoms with Crippen molar-refractivity contribution < 1.29 is 4.39 Å². The summed E-state index contributed by atoms with van der Waals surface area (Å²) in [6, 6.07) is 14.0. The quantitative estimate of drug-likeness (QED) is 0.701. The number of hydrogen-bond donors (Lipinski definition) is 0. The molecule has 28 heavy (non-hydrogen) atoms. The Kier molecular flexibility index (Phi) is 5.18. The van der Waals surface area contributed by atoms with Crippen molar-refractivity contribution >= 4 is 10.9 Å². The molecule has 0 N–H and O–H groups in total. The van der Waals surface area contributed by atoms with Crippen molar-refractivity contribution in [2.75, 3.05) is 13.1 Å². The van der Waals surface area contributed by atoms with Gasteiger partial charge in [0.15, 0.2) is 0 Å². The van der Waals surface area contributed by atoms with E-state index in [0.29, 0.717) is 28.9 Å². The third-order valence-electron chi connectivity index (χ3n) is 5.44. The molecule has 1 aliphatic rings. The molecule has 0 bridgehead atoms. The van der Waals surface area contributed by atoms with E-state index in [1.54, 1.807) is 4.57 Å². The molecular formula is C22H21FN4O. The van der Waals surface area contributed by atoms with E-state index < -0.39 is 0 Å². The molecule has 0 amide bonds. The molecule has 1 fully saturated rings. The van der Waals surface area contributed by atoms with Gasteiger partial charge in [0, 0.05) is 19.2 Å². The molecule has 1 aliphatic heterocycles. The minimum Gasteiger partial charge on any atom is -0.299 e. The summed E-state index contributed by atoms with van der Waals surface area (Å²) in [5, 5.41) is 9.34. The number of piperidine rings is 1. The van der Waals surface area contributed by atoms with Gasteiger partial charge < -0.3 is 0 Å². The van der Waals surface area contributed by atoms with Crippen molar-refractivity contribution in [3.63, 3.8) is 0 Å². The highest BCUT2D eigenvalue weighted by atomic mass is 19.1. The Labute approximate surface area is 162 Å². The Balaban J connectivity index is 1.37. The molecule has 0 saturated carbocycles. The zero-order chi connectivity index (χ0) is 19.5. The number of hydrogen-bond acceptors (Lipinski definition) is 4. The summed E-state index contributed by atoms with van der Waals surface area (Å²) in [5.74, 6) is 0.0430. The Morgan fingerprint density at radius 1 is 1.14 bits per heavy atom. The highest BCUT2D eigenvalue weighted by Gasteiger charge is 2.20. The molecule has 1 saturated heterocycles. The number of halogens is 1. The molecule has 2 heterocycles. The number of aromatic nitrogens is 2. The topological polar surface area (TPSA) is 61.9 Å². The molecule has 0 spiro atoms. The van der Waals surface area contributed by atoms with Crippen molar-refractivity contribution in [2.45, 2.75) is 25.9 Å². The van der Waals surface area contributed by atoms with Gasteiger partial charge in [0.25, 0.3) is 5.56 Å². The number of likely N-dealkylation sites (tertiary alicyclic amines) is 1. The zero-order valence-electron chi connectivity index (χ0n) is 15.5. The predicted octanol–water partition coefficient (Wildman–Crippen LogP) is 3.32. The van der Waals surface area contributed by atoms with Crippen LogP contribution in [-0.2, 0) is 13.1 Å². The fourth-order valence-corrected chi connectivity index (χ4v) is 3.81. The average Bonchev–Trinajstić information content (AvgIpc) is 2.72. The molecule has 0 atom stereocenters. The van der Waals surface area contributed by atoms with Crippen LogP contribution in [0.2, 0.25) is 0 Å². The standard InChI is InChI=1S/C22H21FN4O/c23-19-5-6-20-21(11-19)25-15-27(22(20)28)14-18-7-9-26(10-8-18)13-17-3-1-16(12-24)2-4-17/h1-6,11,15,18H,7-10,13-14H2. The molecular weight excluding hydrogens is 355 g/mol. The van der Waals surface area contributed by atoms with Gasteiger partial charge >= 0.3 is 0 Å². The molecule has 0 aliphatic carbocycles. The second-order valence-corrected chi connectivity index (χ2v) is 7.39. The number of benzene rings is 2. The number of nitriles is 1. The van der Waals surface area contributed by atoms with Gasteiger partial charge in [-0.2, -0.15) is 5.26 Å². The van der Waals surface area contributed by atoms with Gasteiger partial charge in [0.05, 0.1) is 28.9 Å². The lowest BCUT2D eigenvalue weighted by molar-refractivity contribution is 0.166. The first-order chi connectivity index (χ1) is 13.6. The van der Waals surface area contributed by atoms with Crippen molar-refractivity contribution in [1.82, 2.24) is 14.5 Å². The summed E-state index contributed by atoms with van der Waals surface area (Å²) in [6.45, 7) is 3.47. The third kappa shape index (κ3) is 3.95. The lowest BCUT2D eigenvalue weighted by Gasteiger charge is -2.32. The van der Waals surface area contributed by atoms with E-state index in [1.807, 2.05) is 24.3 Å². The minimum atomic E-state index is -0.383. The van der Waals surface area contributed by atoms with Crippen LogP contribution in [0.15, 0.2) is 53.6 Å². The first kappa shape index (κ1) is 18.3. The maximum absolute atomic E-state index is 13.3. The lowest BCUT2D eigenvalue weighted by Crippen LogP contribution is -2.36. The van der Waals surface area contributed by atoms with Gasteiger partial charge in [-0.3, -0.25) is 14.3 Å². The van der Waals surface area contributed by atoms with E-state index >= 15 is 0 Å². The van der Waals surface area contributed by atoms with Crippen LogP contribution in [0.1, 0.15) is 24.0 Å². The normalized spacial score (nSPS) is 15.6. The van der Waals surface area contributed by atoms with E-state index in [1.165, 1.54) is 30.1 Å². The van der Waals surface area contributed by atoms with Gasteiger partial charge in [-0.1, -0.05) is 12.1 Å². The first-order valence-corrected chi connectivity index (χ1v) is 9.48. The van der Waals surface area contributed by atoms with Crippen LogP contribution in [0.5, 0.6) is 0 Å². The predicted molar refractivity (Wildman–Crippen MR) is 105 cm³/mol. The minimum absolute atomic E-state index is 0.106. The lowest BCUT2D eigenvalue weighted by atomic mass is 9.96. The summed E-state index contributed by atoms with van der Waals surface area (Å²) in [4.78, 5) is 19.3. The number of nitrogens with zero attached hydrogens (tertiary/aromatic N) is 4. The number of rotatable bonds is 4. The molecule has 6 heteroatoms. The molecule has 5 nitrogen and oxygen atoms in total. The smallest absolute Gasteiger partial charge is 0.261 e. The molecule has 142 valence electrons. The fraction of sp³-hybridized carbons (Fsp3) is 0.318. The fourth-order valence-electron chi connectivity index (χ4n) is 3.81. The van der Waals surface area contributed by atoms with Crippen molar-refractivity contribution in [1.29, 1.82) is 5.26 Å². The maximum atomic E-state index is 13.3. The highest BCUT2D eigenvalue weighted by Crippen LogP contribution is 2.21. The number of fused-ring (bicyclic) bond motifs is 1. The monoisotopic (exact) mass is 376 g/mol. The van der Waals surface area contributed by atoms with Crippen molar-refractivity contribution in [2.24, 2.45) is 5.92 Å². The second kappa shape index (κ2) is 7.91. The summed E-state index contributed by atoms with van der Waals surface area (Å²) >= 11 is 0. The Morgan fingerprint density at radius 3 is 2.61 bits per heavy atom. The third-order valence-corrected chi connectivity index (χ3v) is 5.44. The van der Waals surface area contributed by atoms with Crippen molar-refractivity contribution in [3.05, 3.63) is 76.1 Å². The highest BCUT2D eigenvalue weighted by molar-refractivity contribution is 5.77. The van der Waals surface area contributed by atoms with Crippen LogP contribution in [-0.4, -0.2) is 27.5 Å². The van der Waals surface area contributed by atoms with Crippen LogP contribution < -0.4 is 5.56 Å². The first-order valence-electron chi connectivity index (χ1n) is 9.48. The Morgan fingerprint density at radius 2 is 1.89 bits per heavy atom. The van der Waals surface area contributed by atoms with E-state index in [2.05, 4.69) is 16.0 Å². The van der Waals surface area contributed by atoms with E-state index in [0.717, 1.165) is 32.5 Å². The van der Waals surface area contributed by atoms with E-state index in [-0.39, 0.29) is 11.4 Å². The van der Waals surface area contributed by atoms with Gasteiger partial charge in [-0.05, 0) is 61.7 Å². The molecule has 1 aromatic heterocycles. The molecule has 0 unspecified atom stereocenters. The molecule has 3 aromatic rings. The van der Waals surface area contributed by atoms with Crippen LogP contribution in [0.25, 0.3) is 10.9 Å². The van der Waals surface area contributed by atoms with Crippen LogP contribution in [0.3, 0.4) is 0 Å². The summed E-state index contributed by atoms with van der Waals surface area (Å²) in [7, 11) is 0. The second-order valence-electron chi connectivity index (χ2n) is 7.39. The SMILES string of the molecule is N#Cc1ccc(CN2CCC(Cn3cnc4cc(F)ccc4c3=O)CC2)cc1. The van der Waals surface area contributed by atoms with Crippen LogP contribution >= 0.6 is 0 Å². The van der Waals surface area contributed by atoms with E-state index in [4.69, 9.17) is 5.26 Å². The summed E-state index contributed by atoms with van der Waals surface area (Å²) < 4.78 is 15.0. The molecule has 4 rings (SSSR count). The molecule has 0 radical (unpaired) electrons. The largest absolute Gasteiger partial charge is 0.299 e. The van der Waals surface area contributed by atoms with Crippen LogP contribution in [0, 0.1) is 23.1 Å². The van der Waals surface area contributed by atoms with Crippen molar-refractivity contribution in [3.8, 4) is 6.07 Å². The summed E-state index contributed by atoms with van der Waals surface area (Å²) in [6.07, 6.45) is 3.57. The van der Waals surface area contributed by atoms with Gasteiger partial charge in [-0.15, -0.1) is 0 Å².